The second-order valence-electron chi connectivity index (χ2n) is 5.46. The molecule has 0 aliphatic carbocycles. The molecule has 1 amide bonds. The van der Waals surface area contributed by atoms with Crippen molar-refractivity contribution in [1.82, 2.24) is 4.90 Å². The minimum Gasteiger partial charge on any atom is -0.389 e. The van der Waals surface area contributed by atoms with Crippen LogP contribution in [0.25, 0.3) is 0 Å². The van der Waals surface area contributed by atoms with Gasteiger partial charge in [0.25, 0.3) is 0 Å². The number of amides is 1. The lowest BCUT2D eigenvalue weighted by Crippen LogP contribution is -2.62. The summed E-state index contributed by atoms with van der Waals surface area (Å²) in [5.74, 6) is 0.0672. The Hall–Kier alpha value is -1.33. The van der Waals surface area contributed by atoms with Gasteiger partial charge in [-0.2, -0.15) is 0 Å². The van der Waals surface area contributed by atoms with Crippen molar-refractivity contribution in [2.75, 3.05) is 25.0 Å². The van der Waals surface area contributed by atoms with Gasteiger partial charge in [-0.25, -0.2) is 0 Å². The molecule has 0 radical (unpaired) electrons. The first-order valence-electron chi connectivity index (χ1n) is 6.37. The quantitative estimate of drug-likeness (QED) is 0.849. The van der Waals surface area contributed by atoms with E-state index in [4.69, 9.17) is 29.6 Å². The van der Waals surface area contributed by atoms with Crippen molar-refractivity contribution in [3.8, 4) is 0 Å². The number of hydrogen-bond donors (Lipinski definition) is 1. The fourth-order valence-corrected chi connectivity index (χ4v) is 2.91. The third-order valence-electron chi connectivity index (χ3n) is 3.72. The predicted octanol–water partition coefficient (Wildman–Crippen LogP) is 2.03. The maximum Gasteiger partial charge on any atom is 0.247 e. The number of thiocarbonyl (C=S) groups is 1. The highest BCUT2D eigenvalue weighted by Crippen LogP contribution is 2.33. The minimum atomic E-state index is -0.656. The Balaban J connectivity index is 2.53. The zero-order chi connectivity index (χ0) is 15.1. The van der Waals surface area contributed by atoms with E-state index in [0.29, 0.717) is 23.1 Å². The zero-order valence-corrected chi connectivity index (χ0v) is 13.4. The Morgan fingerprint density at radius 2 is 2.05 bits per heavy atom. The average molecular weight is 312 g/mol. The van der Waals surface area contributed by atoms with Gasteiger partial charge in [-0.1, -0.05) is 23.8 Å². The van der Waals surface area contributed by atoms with Gasteiger partial charge >= 0.3 is 0 Å². The van der Waals surface area contributed by atoms with Crippen LogP contribution < -0.4 is 10.6 Å². The Morgan fingerprint density at radius 1 is 1.40 bits per heavy atom. The second kappa shape index (κ2) is 5.22. The molecule has 1 aromatic carbocycles. The summed E-state index contributed by atoms with van der Waals surface area (Å²) in [6.07, 6.45) is 0. The van der Waals surface area contributed by atoms with Crippen molar-refractivity contribution in [1.29, 1.82) is 0 Å². The maximum absolute atomic E-state index is 12.4. The normalized spacial score (nSPS) is 18.3. The molecule has 2 N–H and O–H groups in total. The molecule has 0 unspecified atom stereocenters. The first-order chi connectivity index (χ1) is 9.25. The summed E-state index contributed by atoms with van der Waals surface area (Å²) in [6, 6.07) is 5.37. The van der Waals surface area contributed by atoms with E-state index in [1.165, 1.54) is 0 Å². The minimum absolute atomic E-state index is 0.0672. The number of anilines is 1. The molecule has 6 heteroatoms. The standard InChI is InChI=1S/C14H18ClN3OS/c1-14(2)13(19)17(3)6-7-18(14)11-8-9(15)4-5-10(11)12(16)20/h4-5,8H,6-7H2,1-3H3,(H2,16,20). The molecule has 0 saturated carbocycles. The highest BCUT2D eigenvalue weighted by Gasteiger charge is 2.41. The first kappa shape index (κ1) is 15.1. The third-order valence-corrected chi connectivity index (χ3v) is 4.17. The van der Waals surface area contributed by atoms with Crippen LogP contribution in [0.5, 0.6) is 0 Å². The number of halogens is 1. The molecule has 1 fully saturated rings. The van der Waals surface area contributed by atoms with Gasteiger partial charge in [0.05, 0.1) is 0 Å². The van der Waals surface area contributed by atoms with Gasteiger partial charge in [0.2, 0.25) is 5.91 Å². The largest absolute Gasteiger partial charge is 0.389 e. The van der Waals surface area contributed by atoms with Crippen molar-refractivity contribution >= 4 is 40.4 Å². The number of nitrogens with zero attached hydrogens (tertiary/aromatic N) is 2. The number of carbonyl (C=O) groups is 1. The molecule has 4 nitrogen and oxygen atoms in total. The molecule has 1 heterocycles. The van der Waals surface area contributed by atoms with Crippen molar-refractivity contribution < 1.29 is 4.79 Å². The van der Waals surface area contributed by atoms with E-state index in [9.17, 15) is 4.79 Å². The predicted molar refractivity (Wildman–Crippen MR) is 86.4 cm³/mol. The Kier molecular flexibility index (Phi) is 3.93. The van der Waals surface area contributed by atoms with Crippen LogP contribution in [-0.2, 0) is 4.79 Å². The Bertz CT molecular complexity index is 574. The summed E-state index contributed by atoms with van der Waals surface area (Å²) in [7, 11) is 1.81. The van der Waals surface area contributed by atoms with Crippen LogP contribution in [0.15, 0.2) is 18.2 Å². The number of likely N-dealkylation sites (N-methyl/N-ethyl adjacent to an activating group) is 1. The van der Waals surface area contributed by atoms with Gasteiger partial charge in [0.15, 0.2) is 0 Å². The Morgan fingerprint density at radius 3 is 2.65 bits per heavy atom. The van der Waals surface area contributed by atoms with Gasteiger partial charge < -0.3 is 15.5 Å². The SMILES string of the molecule is CN1CCN(c2cc(Cl)ccc2C(N)=S)C(C)(C)C1=O. The Labute approximate surface area is 129 Å². The van der Waals surface area contributed by atoms with Crippen LogP contribution in [0.2, 0.25) is 5.02 Å². The first-order valence-corrected chi connectivity index (χ1v) is 7.16. The van der Waals surface area contributed by atoms with Gasteiger partial charge in [-0.05, 0) is 32.0 Å². The van der Waals surface area contributed by atoms with Crippen LogP contribution in [0.1, 0.15) is 19.4 Å². The number of nitrogens with two attached hydrogens (primary N) is 1. The zero-order valence-electron chi connectivity index (χ0n) is 11.8. The molecule has 1 aromatic rings. The van der Waals surface area contributed by atoms with Crippen molar-refractivity contribution in [2.24, 2.45) is 5.73 Å². The van der Waals surface area contributed by atoms with E-state index < -0.39 is 5.54 Å². The summed E-state index contributed by atoms with van der Waals surface area (Å²) < 4.78 is 0. The molecule has 0 spiro atoms. The maximum atomic E-state index is 12.4. The van der Waals surface area contributed by atoms with Crippen LogP contribution in [0, 0.1) is 0 Å². The monoisotopic (exact) mass is 311 g/mol. The molecule has 20 heavy (non-hydrogen) atoms. The molecule has 0 bridgehead atoms. The van der Waals surface area contributed by atoms with Crippen LogP contribution in [0.3, 0.4) is 0 Å². The molecule has 0 aromatic heterocycles. The highest BCUT2D eigenvalue weighted by molar-refractivity contribution is 7.80. The third kappa shape index (κ3) is 2.47. The van der Waals surface area contributed by atoms with Crippen LogP contribution >= 0.6 is 23.8 Å². The van der Waals surface area contributed by atoms with Crippen LogP contribution in [-0.4, -0.2) is 41.5 Å². The fraction of sp³-hybridized carbons (Fsp3) is 0.429. The molecule has 1 aliphatic rings. The van der Waals surface area contributed by atoms with E-state index in [1.807, 2.05) is 31.9 Å². The van der Waals surface area contributed by atoms with Crippen molar-refractivity contribution in [3.05, 3.63) is 28.8 Å². The average Bonchev–Trinajstić information content (AvgIpc) is 2.35. The lowest BCUT2D eigenvalue weighted by Gasteiger charge is -2.46. The highest BCUT2D eigenvalue weighted by atomic mass is 35.5. The summed E-state index contributed by atoms with van der Waals surface area (Å²) in [5, 5.41) is 0.599. The van der Waals surface area contributed by atoms with E-state index in [2.05, 4.69) is 0 Å². The van der Waals surface area contributed by atoms with Gasteiger partial charge in [-0.15, -0.1) is 0 Å². The lowest BCUT2D eigenvalue weighted by atomic mass is 9.95. The van der Waals surface area contributed by atoms with Gasteiger partial charge in [-0.3, -0.25) is 4.79 Å². The molecular formula is C14H18ClN3OS. The molecule has 1 aliphatic heterocycles. The lowest BCUT2D eigenvalue weighted by molar-refractivity contribution is -0.136. The summed E-state index contributed by atoms with van der Waals surface area (Å²) >= 11 is 11.2. The number of hydrogen-bond acceptors (Lipinski definition) is 3. The van der Waals surface area contributed by atoms with Gasteiger partial charge in [0, 0.05) is 36.4 Å². The summed E-state index contributed by atoms with van der Waals surface area (Å²) in [4.78, 5) is 16.4. The summed E-state index contributed by atoms with van der Waals surface area (Å²) in [6.45, 7) is 5.17. The summed E-state index contributed by atoms with van der Waals surface area (Å²) in [5.41, 5.74) is 6.69. The molecule has 2 rings (SSSR count). The molecular weight excluding hydrogens is 294 g/mol. The van der Waals surface area contributed by atoms with Crippen LogP contribution in [0.4, 0.5) is 5.69 Å². The smallest absolute Gasteiger partial charge is 0.247 e. The van der Waals surface area contributed by atoms with E-state index in [-0.39, 0.29) is 5.91 Å². The number of rotatable bonds is 2. The van der Waals surface area contributed by atoms with E-state index in [1.54, 1.807) is 17.0 Å². The fourth-order valence-electron chi connectivity index (χ4n) is 2.57. The topological polar surface area (TPSA) is 49.6 Å². The number of carbonyl (C=O) groups excluding carboxylic acids is 1. The molecule has 1 saturated heterocycles. The van der Waals surface area contributed by atoms with E-state index in [0.717, 1.165) is 11.3 Å². The van der Waals surface area contributed by atoms with Crippen molar-refractivity contribution in [3.63, 3.8) is 0 Å². The number of piperazine rings is 1. The van der Waals surface area contributed by atoms with Crippen molar-refractivity contribution in [2.45, 2.75) is 19.4 Å². The van der Waals surface area contributed by atoms with Gasteiger partial charge in [0.1, 0.15) is 10.5 Å². The second-order valence-corrected chi connectivity index (χ2v) is 6.34. The molecule has 0 atom stereocenters. The number of benzene rings is 1. The van der Waals surface area contributed by atoms with E-state index >= 15 is 0 Å². The molecule has 108 valence electrons.